The number of nitrogens with one attached hydrogen (secondary N) is 1. The van der Waals surface area contributed by atoms with E-state index in [1.807, 2.05) is 12.3 Å². The number of rotatable bonds is 5. The fourth-order valence-electron chi connectivity index (χ4n) is 3.52. The van der Waals surface area contributed by atoms with E-state index < -0.39 is 0 Å². The highest BCUT2D eigenvalue weighted by Gasteiger charge is 2.17. The third kappa shape index (κ3) is 3.60. The molecule has 1 aliphatic carbocycles. The lowest BCUT2D eigenvalue weighted by Crippen LogP contribution is -2.28. The van der Waals surface area contributed by atoms with Gasteiger partial charge in [-0.2, -0.15) is 0 Å². The zero-order valence-corrected chi connectivity index (χ0v) is 12.6. The van der Waals surface area contributed by atoms with Crippen LogP contribution in [0.1, 0.15) is 56.6 Å². The first kappa shape index (κ1) is 14.5. The van der Waals surface area contributed by atoms with Crippen LogP contribution in [0.3, 0.4) is 0 Å². The molecule has 0 amide bonds. The summed E-state index contributed by atoms with van der Waals surface area (Å²) in [6.45, 7) is 0. The quantitative estimate of drug-likeness (QED) is 0.641. The highest BCUT2D eigenvalue weighted by molar-refractivity contribution is 5.78. The van der Waals surface area contributed by atoms with Crippen molar-refractivity contribution in [1.29, 1.82) is 0 Å². The van der Waals surface area contributed by atoms with Crippen LogP contribution in [0.4, 0.5) is 0 Å². The number of fused-ring (bicyclic) bond motifs is 1. The minimum atomic E-state index is 0.235. The highest BCUT2D eigenvalue weighted by Crippen LogP contribution is 2.30. The monoisotopic (exact) mass is 283 g/mol. The summed E-state index contributed by atoms with van der Waals surface area (Å²) in [5.41, 5.74) is 5.29. The Labute approximate surface area is 126 Å². The summed E-state index contributed by atoms with van der Waals surface area (Å²) in [4.78, 5) is 4.44. The van der Waals surface area contributed by atoms with Crippen molar-refractivity contribution in [3.8, 4) is 0 Å². The van der Waals surface area contributed by atoms with Gasteiger partial charge < -0.3 is 0 Å². The van der Waals surface area contributed by atoms with Crippen molar-refractivity contribution in [1.82, 2.24) is 10.4 Å². The van der Waals surface area contributed by atoms with Crippen LogP contribution in [0.25, 0.3) is 10.9 Å². The van der Waals surface area contributed by atoms with E-state index in [2.05, 4.69) is 34.7 Å². The van der Waals surface area contributed by atoms with Gasteiger partial charge in [0.25, 0.3) is 0 Å². The average Bonchev–Trinajstić information content (AvgIpc) is 2.56. The summed E-state index contributed by atoms with van der Waals surface area (Å²) < 4.78 is 0. The maximum atomic E-state index is 5.79. The van der Waals surface area contributed by atoms with Gasteiger partial charge >= 0.3 is 0 Å². The number of hydrogen-bond acceptors (Lipinski definition) is 3. The summed E-state index contributed by atoms with van der Waals surface area (Å²) in [5.74, 6) is 6.69. The molecule has 3 N–H and O–H groups in total. The van der Waals surface area contributed by atoms with Crippen molar-refractivity contribution in [2.45, 2.75) is 51.0 Å². The molecule has 1 aliphatic rings. The van der Waals surface area contributed by atoms with Crippen molar-refractivity contribution in [3.63, 3.8) is 0 Å². The minimum Gasteiger partial charge on any atom is -0.271 e. The SMILES string of the molecule is NNC(CCC1CCCCC1)c1ccc2cccnc2c1. The molecule has 21 heavy (non-hydrogen) atoms. The molecule has 1 heterocycles. The Hall–Kier alpha value is -1.45. The minimum absolute atomic E-state index is 0.235. The van der Waals surface area contributed by atoms with Gasteiger partial charge in [-0.05, 0) is 36.5 Å². The summed E-state index contributed by atoms with van der Waals surface area (Å²) in [5, 5.41) is 1.18. The van der Waals surface area contributed by atoms with Crippen LogP contribution in [-0.4, -0.2) is 4.98 Å². The van der Waals surface area contributed by atoms with E-state index in [9.17, 15) is 0 Å². The highest BCUT2D eigenvalue weighted by atomic mass is 15.2. The van der Waals surface area contributed by atoms with Crippen molar-refractivity contribution in [2.24, 2.45) is 11.8 Å². The van der Waals surface area contributed by atoms with Crippen LogP contribution in [0.15, 0.2) is 36.5 Å². The molecule has 0 bridgehead atoms. The van der Waals surface area contributed by atoms with E-state index >= 15 is 0 Å². The number of nitrogens with zero attached hydrogens (tertiary/aromatic N) is 1. The molecule has 1 fully saturated rings. The third-order valence-electron chi connectivity index (χ3n) is 4.82. The summed E-state index contributed by atoms with van der Waals surface area (Å²) in [6, 6.07) is 10.8. The van der Waals surface area contributed by atoms with E-state index in [4.69, 9.17) is 5.84 Å². The topological polar surface area (TPSA) is 50.9 Å². The van der Waals surface area contributed by atoms with Crippen LogP contribution in [0.5, 0.6) is 0 Å². The first-order valence-electron chi connectivity index (χ1n) is 8.17. The maximum Gasteiger partial charge on any atom is 0.0705 e. The van der Waals surface area contributed by atoms with Crippen molar-refractivity contribution < 1.29 is 0 Å². The van der Waals surface area contributed by atoms with Gasteiger partial charge in [0.15, 0.2) is 0 Å². The van der Waals surface area contributed by atoms with E-state index in [1.54, 1.807) is 0 Å². The van der Waals surface area contributed by atoms with Gasteiger partial charge in [-0.15, -0.1) is 0 Å². The summed E-state index contributed by atoms with van der Waals surface area (Å²) >= 11 is 0. The van der Waals surface area contributed by atoms with Gasteiger partial charge in [0.1, 0.15) is 0 Å². The van der Waals surface area contributed by atoms with Crippen LogP contribution < -0.4 is 11.3 Å². The lowest BCUT2D eigenvalue weighted by atomic mass is 9.84. The fourth-order valence-corrected chi connectivity index (χ4v) is 3.52. The Balaban J connectivity index is 1.68. The molecule has 0 saturated heterocycles. The van der Waals surface area contributed by atoms with Gasteiger partial charge in [-0.1, -0.05) is 50.3 Å². The van der Waals surface area contributed by atoms with Gasteiger partial charge in [0.2, 0.25) is 0 Å². The molecular weight excluding hydrogens is 258 g/mol. The molecular formula is C18H25N3. The van der Waals surface area contributed by atoms with E-state index in [-0.39, 0.29) is 6.04 Å². The Morgan fingerprint density at radius 2 is 2.05 bits per heavy atom. The van der Waals surface area contributed by atoms with Crippen molar-refractivity contribution in [2.75, 3.05) is 0 Å². The molecule has 3 nitrogen and oxygen atoms in total. The Morgan fingerprint density at radius 3 is 2.86 bits per heavy atom. The van der Waals surface area contributed by atoms with Crippen molar-refractivity contribution >= 4 is 10.9 Å². The second-order valence-corrected chi connectivity index (χ2v) is 6.26. The van der Waals surface area contributed by atoms with Crippen LogP contribution >= 0.6 is 0 Å². The fraction of sp³-hybridized carbons (Fsp3) is 0.500. The second-order valence-electron chi connectivity index (χ2n) is 6.26. The van der Waals surface area contributed by atoms with Crippen LogP contribution in [-0.2, 0) is 0 Å². The number of aromatic nitrogens is 1. The normalized spacial score (nSPS) is 18.0. The predicted octanol–water partition coefficient (Wildman–Crippen LogP) is 4.10. The number of pyridine rings is 1. The van der Waals surface area contributed by atoms with Gasteiger partial charge in [-0.3, -0.25) is 16.3 Å². The first-order valence-corrected chi connectivity index (χ1v) is 8.17. The van der Waals surface area contributed by atoms with E-state index in [0.717, 1.165) is 17.9 Å². The molecule has 2 aromatic rings. The maximum absolute atomic E-state index is 5.79. The molecule has 1 atom stereocenters. The molecule has 1 saturated carbocycles. The largest absolute Gasteiger partial charge is 0.271 e. The average molecular weight is 283 g/mol. The Kier molecular flexibility index (Phi) is 4.84. The number of hydrazine groups is 1. The summed E-state index contributed by atoms with van der Waals surface area (Å²) in [7, 11) is 0. The molecule has 1 unspecified atom stereocenters. The van der Waals surface area contributed by atoms with E-state index in [1.165, 1.54) is 49.5 Å². The van der Waals surface area contributed by atoms with Gasteiger partial charge in [-0.25, -0.2) is 0 Å². The number of benzene rings is 1. The van der Waals surface area contributed by atoms with Gasteiger partial charge in [0.05, 0.1) is 5.52 Å². The number of hydrogen-bond donors (Lipinski definition) is 2. The molecule has 112 valence electrons. The number of nitrogens with two attached hydrogens (primary N) is 1. The molecule has 0 radical (unpaired) electrons. The lowest BCUT2D eigenvalue weighted by Gasteiger charge is -2.24. The molecule has 3 heteroatoms. The van der Waals surface area contributed by atoms with E-state index in [0.29, 0.717) is 0 Å². The lowest BCUT2D eigenvalue weighted by molar-refractivity contribution is 0.315. The third-order valence-corrected chi connectivity index (χ3v) is 4.82. The van der Waals surface area contributed by atoms with Crippen LogP contribution in [0.2, 0.25) is 0 Å². The predicted molar refractivity (Wildman–Crippen MR) is 87.6 cm³/mol. The Bertz CT molecular complexity index is 575. The molecule has 0 aliphatic heterocycles. The molecule has 1 aromatic carbocycles. The van der Waals surface area contributed by atoms with Gasteiger partial charge in [0, 0.05) is 17.6 Å². The molecule has 3 rings (SSSR count). The first-order chi connectivity index (χ1) is 10.4. The molecule has 0 spiro atoms. The standard InChI is InChI=1S/C18H25N3/c19-21-17(11-8-14-5-2-1-3-6-14)16-10-9-15-7-4-12-20-18(15)13-16/h4,7,9-10,12-14,17,21H,1-3,5-6,8,11,19H2. The zero-order valence-electron chi connectivity index (χ0n) is 12.6. The summed E-state index contributed by atoms with van der Waals surface area (Å²) in [6.07, 6.45) is 11.3. The Morgan fingerprint density at radius 1 is 1.19 bits per heavy atom. The smallest absolute Gasteiger partial charge is 0.0705 e. The zero-order chi connectivity index (χ0) is 14.5. The van der Waals surface area contributed by atoms with Crippen molar-refractivity contribution in [3.05, 3.63) is 42.1 Å². The second kappa shape index (κ2) is 7.01. The molecule has 1 aromatic heterocycles. The van der Waals surface area contributed by atoms with Crippen LogP contribution in [0, 0.1) is 5.92 Å².